The minimum atomic E-state index is -5.17. The van der Waals surface area contributed by atoms with Gasteiger partial charge >= 0.3 is 32.1 Å². The van der Waals surface area contributed by atoms with Crippen molar-refractivity contribution in [3.8, 4) is 0 Å². The van der Waals surface area contributed by atoms with Crippen molar-refractivity contribution in [1.29, 1.82) is 0 Å². The Kier molecular flexibility index (Phi) is 34.9. The summed E-state index contributed by atoms with van der Waals surface area (Å²) in [5, 5.41) is 0. The molecule has 0 rings (SSSR count). The fourth-order valence-corrected chi connectivity index (χ4v) is 0. The molecule has 0 heterocycles. The van der Waals surface area contributed by atoms with Gasteiger partial charge in [-0.1, -0.05) is 0 Å². The Morgan fingerprint density at radius 2 is 0.857 bits per heavy atom. The topological polar surface area (TPSA) is 246 Å². The molecule has 14 heteroatoms. The molecule has 0 amide bonds. The van der Waals surface area contributed by atoms with Crippen LogP contribution in [0.2, 0.25) is 0 Å². The van der Waals surface area contributed by atoms with E-state index in [2.05, 4.69) is 0 Å². The summed E-state index contributed by atoms with van der Waals surface area (Å²) in [4.78, 5) is 0. The maximum Gasteiger partial charge on any atom is 4.00 e. The van der Waals surface area contributed by atoms with Crippen molar-refractivity contribution >= 4 is 20.8 Å². The predicted molar refractivity (Wildman–Crippen MR) is 32.6 cm³/mol. The third-order valence-corrected chi connectivity index (χ3v) is 0. The Morgan fingerprint density at radius 1 is 0.857 bits per heavy atom. The average Bonchev–Trinajstić information content (AvgIpc) is 1.12. The van der Waals surface area contributed by atoms with Crippen LogP contribution in [0.4, 0.5) is 0 Å². The second-order valence-electron chi connectivity index (χ2n) is 0.856. The molecule has 0 fully saturated rings. The van der Waals surface area contributed by atoms with Crippen LogP contribution in [0.25, 0.3) is 0 Å². The van der Waals surface area contributed by atoms with Crippen molar-refractivity contribution in [3.63, 3.8) is 0 Å². The van der Waals surface area contributed by atoms with Crippen LogP contribution in [0.1, 0.15) is 0 Å². The van der Waals surface area contributed by atoms with Crippen LogP contribution in [0.3, 0.4) is 0 Å². The Hall–Kier alpha value is 0.334. The Morgan fingerprint density at radius 3 is 0.857 bits per heavy atom. The van der Waals surface area contributed by atoms with Crippen LogP contribution < -0.4 is 0 Å². The Balaban J connectivity index is -0.0000000178. The summed E-state index contributed by atoms with van der Waals surface area (Å²) in [6.07, 6.45) is 0. The molecule has 0 saturated heterocycles. The Bertz CT molecular complexity index is 210. The summed E-state index contributed by atoms with van der Waals surface area (Å²) in [5.74, 6) is 0. The van der Waals surface area contributed by atoms with Crippen LogP contribution >= 0.6 is 0 Å². The van der Waals surface area contributed by atoms with Crippen LogP contribution in [-0.2, 0) is 48.0 Å². The average molecular weight is 294 g/mol. The number of hydrogen-bond donors (Lipinski definition) is 2. The van der Waals surface area contributed by atoms with E-state index in [1.807, 2.05) is 0 Å². The number of hydrogen-bond acceptors (Lipinski definition) is 6. The van der Waals surface area contributed by atoms with E-state index in [1.165, 1.54) is 0 Å². The first-order chi connectivity index (χ1) is 4.00. The van der Waals surface area contributed by atoms with Crippen LogP contribution in [0.5, 0.6) is 0 Å². The van der Waals surface area contributed by atoms with Gasteiger partial charge in [0.15, 0.2) is 0 Å². The molecule has 0 atom stereocenters. The van der Waals surface area contributed by atoms with Gasteiger partial charge in [0.05, 0.1) is 0 Å². The smallest absolute Gasteiger partial charge is 2.00 e. The molecule has 6 N–H and O–H groups in total. The summed E-state index contributed by atoms with van der Waals surface area (Å²) in [7, 11) is -9.83. The standard InChI is InChI=1S/2H2O4S.2H2O.O.Ti/c2*1-5(2,3)4;;;;/h2*(H2,1,2,3,4);2*1H2;;/q;;;;-2;+4/p-2. The van der Waals surface area contributed by atoms with Gasteiger partial charge in [-0.2, -0.15) is 8.42 Å². The zero-order valence-corrected chi connectivity index (χ0v) is 9.26. The second-order valence-corrected chi connectivity index (χ2v) is 2.57. The van der Waals surface area contributed by atoms with Gasteiger partial charge in [-0.15, -0.1) is 0 Å². The maximum atomic E-state index is 8.74. The molecule has 14 heavy (non-hydrogen) atoms. The summed E-state index contributed by atoms with van der Waals surface area (Å²) in [5.41, 5.74) is 0. The van der Waals surface area contributed by atoms with Gasteiger partial charge in [0, 0.05) is 10.4 Å². The van der Waals surface area contributed by atoms with Gasteiger partial charge in [-0.25, -0.2) is 0 Å². The molecule has 0 spiro atoms. The minimum Gasteiger partial charge on any atom is -2.00 e. The van der Waals surface area contributed by atoms with E-state index >= 15 is 0 Å². The Labute approximate surface area is 94.1 Å². The molecule has 0 aromatic carbocycles. The van der Waals surface area contributed by atoms with E-state index in [1.54, 1.807) is 0 Å². The third kappa shape index (κ3) is 14200. The van der Waals surface area contributed by atoms with E-state index < -0.39 is 20.8 Å². The van der Waals surface area contributed by atoms with Crippen LogP contribution in [0.15, 0.2) is 0 Å². The zero-order valence-electron chi connectivity index (χ0n) is 6.07. The monoisotopic (exact) mass is 294 g/mol. The van der Waals surface area contributed by atoms with Gasteiger partial charge < -0.3 is 25.5 Å². The fourth-order valence-electron chi connectivity index (χ4n) is 0. The summed E-state index contributed by atoms with van der Waals surface area (Å²) >= 11 is 0. The molecule has 88 valence electrons. The summed E-state index contributed by atoms with van der Waals surface area (Å²) < 4.78 is 65.7. The van der Waals surface area contributed by atoms with Gasteiger partial charge in [0.1, 0.15) is 0 Å². The predicted octanol–water partition coefficient (Wildman–Crippen LogP) is -3.76. The quantitative estimate of drug-likeness (QED) is 0.254. The van der Waals surface area contributed by atoms with Crippen molar-refractivity contribution in [2.24, 2.45) is 0 Å². The first-order valence-corrected chi connectivity index (χ1v) is 4.10. The maximum absolute atomic E-state index is 8.74. The van der Waals surface area contributed by atoms with E-state index in [0.717, 1.165) is 0 Å². The second kappa shape index (κ2) is 13.3. The van der Waals surface area contributed by atoms with Crippen molar-refractivity contribution in [3.05, 3.63) is 0 Å². The fraction of sp³-hybridized carbons (Fsp3) is 0. The molecule has 0 aliphatic heterocycles. The molecule has 0 bridgehead atoms. The molecule has 0 saturated carbocycles. The minimum absolute atomic E-state index is 0. The molecular formula is H6O11S2Ti. The van der Waals surface area contributed by atoms with E-state index in [-0.39, 0.29) is 38.1 Å². The number of rotatable bonds is 0. The molecule has 11 nitrogen and oxygen atoms in total. The summed E-state index contributed by atoms with van der Waals surface area (Å²) in [6, 6.07) is 0. The van der Waals surface area contributed by atoms with Gasteiger partial charge in [-0.05, 0) is 0 Å². The molecule has 0 radical (unpaired) electrons. The SMILES string of the molecule is O.O.O=S(=O)(O)O.O=S(=O)([O-])[O-].[O-2].[Ti+4]. The van der Waals surface area contributed by atoms with E-state index in [4.69, 9.17) is 35.0 Å². The van der Waals surface area contributed by atoms with Gasteiger partial charge in [0.25, 0.3) is 0 Å². The first-order valence-electron chi connectivity index (χ1n) is 1.37. The zero-order chi connectivity index (χ0) is 9.00. The van der Waals surface area contributed by atoms with Gasteiger partial charge in [0.2, 0.25) is 0 Å². The van der Waals surface area contributed by atoms with Crippen molar-refractivity contribution in [2.75, 3.05) is 0 Å². The molecular weight excluding hydrogens is 288 g/mol. The van der Waals surface area contributed by atoms with E-state index in [0.29, 0.717) is 0 Å². The van der Waals surface area contributed by atoms with Gasteiger partial charge in [-0.3, -0.25) is 17.5 Å². The van der Waals surface area contributed by atoms with Crippen LogP contribution in [-0.4, -0.2) is 46.0 Å². The normalized spacial score (nSPS) is 8.29. The molecule has 0 aromatic heterocycles. The molecule has 0 aromatic rings. The van der Waals surface area contributed by atoms with Crippen molar-refractivity contribution < 1.29 is 73.2 Å². The van der Waals surface area contributed by atoms with Crippen molar-refractivity contribution in [2.45, 2.75) is 0 Å². The molecule has 0 aliphatic rings. The van der Waals surface area contributed by atoms with E-state index in [9.17, 15) is 0 Å². The molecule has 0 aliphatic carbocycles. The third-order valence-electron chi connectivity index (χ3n) is 0. The van der Waals surface area contributed by atoms with Crippen LogP contribution in [0, 0.1) is 0 Å². The summed E-state index contributed by atoms with van der Waals surface area (Å²) in [6.45, 7) is 0. The first kappa shape index (κ1) is 36.7. The molecule has 0 unspecified atom stereocenters. The largest absolute Gasteiger partial charge is 4.00 e. The van der Waals surface area contributed by atoms with Crippen molar-refractivity contribution in [1.82, 2.24) is 0 Å².